The minimum absolute atomic E-state index is 0.537. The molecule has 0 amide bonds. The quantitative estimate of drug-likeness (QED) is 0.644. The largest absolute Gasteiger partial charge is 0.478 e. The number of carboxylic acid groups (broad SMARTS) is 1. The van der Waals surface area contributed by atoms with Gasteiger partial charge in [-0.25, -0.2) is 4.79 Å². The summed E-state index contributed by atoms with van der Waals surface area (Å²) in [5, 5.41) is 8.69. The van der Waals surface area contributed by atoms with E-state index in [1.807, 2.05) is 0 Å². The summed E-state index contributed by atoms with van der Waals surface area (Å²) in [6.45, 7) is 6.05. The summed E-state index contributed by atoms with van der Waals surface area (Å²) in [7, 11) is 0. The molecule has 0 saturated heterocycles. The first-order valence-corrected chi connectivity index (χ1v) is 4.50. The van der Waals surface area contributed by atoms with E-state index in [1.165, 1.54) is 0 Å². The fraction of sp³-hybridized carbons (Fsp3) is 0.700. The van der Waals surface area contributed by atoms with Crippen LogP contribution >= 0.6 is 0 Å². The average molecular weight is 170 g/mol. The highest BCUT2D eigenvalue weighted by Gasteiger charge is 2.07. The third-order valence-corrected chi connectivity index (χ3v) is 2.23. The van der Waals surface area contributed by atoms with Crippen LogP contribution in [0.1, 0.15) is 40.0 Å². The third kappa shape index (κ3) is 4.16. The number of allylic oxidation sites excluding steroid dienone is 1. The molecule has 0 fully saturated rings. The summed E-state index contributed by atoms with van der Waals surface area (Å²) < 4.78 is 0. The first-order valence-electron chi connectivity index (χ1n) is 4.50. The van der Waals surface area contributed by atoms with Gasteiger partial charge in [-0.2, -0.15) is 0 Å². The van der Waals surface area contributed by atoms with Crippen molar-refractivity contribution in [1.82, 2.24) is 0 Å². The summed E-state index contributed by atoms with van der Waals surface area (Å²) in [5.74, 6) is -0.153. The van der Waals surface area contributed by atoms with E-state index in [9.17, 15) is 4.79 Å². The fourth-order valence-corrected chi connectivity index (χ4v) is 0.981. The van der Waals surface area contributed by atoms with E-state index < -0.39 is 5.97 Å². The van der Waals surface area contributed by atoms with E-state index in [2.05, 4.69) is 13.8 Å². The van der Waals surface area contributed by atoms with Crippen LogP contribution in [0.25, 0.3) is 0 Å². The predicted molar refractivity (Wildman–Crippen MR) is 50.1 cm³/mol. The van der Waals surface area contributed by atoms with E-state index >= 15 is 0 Å². The van der Waals surface area contributed by atoms with Gasteiger partial charge in [-0.15, -0.1) is 0 Å². The van der Waals surface area contributed by atoms with Crippen molar-refractivity contribution < 1.29 is 9.90 Å². The lowest BCUT2D eigenvalue weighted by Gasteiger charge is -2.07. The van der Waals surface area contributed by atoms with E-state index in [-0.39, 0.29) is 0 Å². The molecule has 0 spiro atoms. The second-order valence-corrected chi connectivity index (χ2v) is 3.17. The van der Waals surface area contributed by atoms with Crippen molar-refractivity contribution in [2.75, 3.05) is 0 Å². The molecule has 0 aromatic rings. The van der Waals surface area contributed by atoms with Crippen molar-refractivity contribution in [3.05, 3.63) is 11.6 Å². The summed E-state index contributed by atoms with van der Waals surface area (Å²) in [5.41, 5.74) is 0.537. The maximum atomic E-state index is 10.6. The molecule has 0 aliphatic rings. The molecule has 1 atom stereocenters. The Bertz CT molecular complexity index is 171. The Hall–Kier alpha value is -0.790. The SMILES string of the molecule is CC=C(CCC(C)CC)C(=O)O. The summed E-state index contributed by atoms with van der Waals surface area (Å²) >= 11 is 0. The lowest BCUT2D eigenvalue weighted by molar-refractivity contribution is -0.132. The van der Waals surface area contributed by atoms with Gasteiger partial charge in [-0.05, 0) is 25.7 Å². The molecular formula is C10H18O2. The standard InChI is InChI=1S/C10H18O2/c1-4-8(3)6-7-9(5-2)10(11)12/h5,8H,4,6-7H2,1-3H3,(H,11,12). The van der Waals surface area contributed by atoms with Gasteiger partial charge in [0, 0.05) is 5.57 Å². The maximum absolute atomic E-state index is 10.6. The highest BCUT2D eigenvalue weighted by molar-refractivity contribution is 5.86. The fourth-order valence-electron chi connectivity index (χ4n) is 0.981. The molecule has 0 aliphatic carbocycles. The molecule has 0 aromatic carbocycles. The van der Waals surface area contributed by atoms with Crippen molar-refractivity contribution in [2.24, 2.45) is 5.92 Å². The van der Waals surface area contributed by atoms with Crippen LogP contribution in [0.3, 0.4) is 0 Å². The Kier molecular flexibility index (Phi) is 5.43. The predicted octanol–water partition coefficient (Wildman–Crippen LogP) is 2.84. The van der Waals surface area contributed by atoms with Crippen LogP contribution < -0.4 is 0 Å². The van der Waals surface area contributed by atoms with Crippen molar-refractivity contribution in [2.45, 2.75) is 40.0 Å². The van der Waals surface area contributed by atoms with Gasteiger partial charge in [0.05, 0.1) is 0 Å². The molecule has 2 nitrogen and oxygen atoms in total. The first kappa shape index (κ1) is 11.2. The molecule has 2 heteroatoms. The van der Waals surface area contributed by atoms with Crippen LogP contribution in [-0.4, -0.2) is 11.1 Å². The lowest BCUT2D eigenvalue weighted by Crippen LogP contribution is -2.02. The van der Waals surface area contributed by atoms with Crippen LogP contribution in [0, 0.1) is 5.92 Å². The van der Waals surface area contributed by atoms with Crippen LogP contribution in [0.4, 0.5) is 0 Å². The third-order valence-electron chi connectivity index (χ3n) is 2.23. The van der Waals surface area contributed by atoms with Crippen molar-refractivity contribution in [3.8, 4) is 0 Å². The zero-order valence-electron chi connectivity index (χ0n) is 8.13. The van der Waals surface area contributed by atoms with Crippen LogP contribution in [-0.2, 0) is 4.79 Å². The highest BCUT2D eigenvalue weighted by Crippen LogP contribution is 2.14. The van der Waals surface area contributed by atoms with E-state index in [1.54, 1.807) is 13.0 Å². The van der Waals surface area contributed by atoms with Gasteiger partial charge < -0.3 is 5.11 Å². The van der Waals surface area contributed by atoms with Gasteiger partial charge in [-0.1, -0.05) is 26.3 Å². The Morgan fingerprint density at radius 1 is 1.58 bits per heavy atom. The highest BCUT2D eigenvalue weighted by atomic mass is 16.4. The van der Waals surface area contributed by atoms with Gasteiger partial charge in [0.15, 0.2) is 0 Å². The molecule has 0 heterocycles. The lowest BCUT2D eigenvalue weighted by atomic mass is 9.99. The molecule has 70 valence electrons. The number of aliphatic carboxylic acids is 1. The van der Waals surface area contributed by atoms with Crippen LogP contribution in [0.15, 0.2) is 11.6 Å². The van der Waals surface area contributed by atoms with Gasteiger partial charge in [0.1, 0.15) is 0 Å². The molecule has 1 N–H and O–H groups in total. The number of carboxylic acids is 1. The Morgan fingerprint density at radius 2 is 2.17 bits per heavy atom. The molecule has 0 bridgehead atoms. The molecule has 0 aromatic heterocycles. The van der Waals surface area contributed by atoms with Gasteiger partial charge in [0.2, 0.25) is 0 Å². The molecule has 0 saturated carbocycles. The van der Waals surface area contributed by atoms with Gasteiger partial charge in [-0.3, -0.25) is 0 Å². The number of hydrogen-bond acceptors (Lipinski definition) is 1. The summed E-state index contributed by atoms with van der Waals surface area (Å²) in [6.07, 6.45) is 4.48. The van der Waals surface area contributed by atoms with Crippen molar-refractivity contribution in [1.29, 1.82) is 0 Å². The zero-order valence-corrected chi connectivity index (χ0v) is 8.13. The number of hydrogen-bond donors (Lipinski definition) is 1. The van der Waals surface area contributed by atoms with E-state index in [4.69, 9.17) is 5.11 Å². The topological polar surface area (TPSA) is 37.3 Å². The molecule has 1 unspecified atom stereocenters. The molecule has 0 rings (SSSR count). The number of carbonyl (C=O) groups is 1. The first-order chi connectivity index (χ1) is 5.61. The summed E-state index contributed by atoms with van der Waals surface area (Å²) in [4.78, 5) is 10.6. The minimum atomic E-state index is -0.777. The van der Waals surface area contributed by atoms with E-state index in [0.717, 1.165) is 12.8 Å². The zero-order chi connectivity index (χ0) is 9.56. The molecular weight excluding hydrogens is 152 g/mol. The van der Waals surface area contributed by atoms with Crippen molar-refractivity contribution >= 4 is 5.97 Å². The van der Waals surface area contributed by atoms with E-state index in [0.29, 0.717) is 17.9 Å². The summed E-state index contributed by atoms with van der Waals surface area (Å²) in [6, 6.07) is 0. The molecule has 0 radical (unpaired) electrons. The second kappa shape index (κ2) is 5.81. The van der Waals surface area contributed by atoms with Gasteiger partial charge >= 0.3 is 5.97 Å². The van der Waals surface area contributed by atoms with Gasteiger partial charge in [0.25, 0.3) is 0 Å². The van der Waals surface area contributed by atoms with Crippen LogP contribution in [0.2, 0.25) is 0 Å². The molecule has 12 heavy (non-hydrogen) atoms. The Morgan fingerprint density at radius 3 is 2.50 bits per heavy atom. The van der Waals surface area contributed by atoms with Crippen LogP contribution in [0.5, 0.6) is 0 Å². The van der Waals surface area contributed by atoms with Crippen molar-refractivity contribution in [3.63, 3.8) is 0 Å². The average Bonchev–Trinajstić information content (AvgIpc) is 2.04. The maximum Gasteiger partial charge on any atom is 0.331 e. The molecule has 0 aliphatic heterocycles. The minimum Gasteiger partial charge on any atom is -0.478 e. The normalized spacial score (nSPS) is 14.4. The smallest absolute Gasteiger partial charge is 0.331 e. The monoisotopic (exact) mass is 170 g/mol. The second-order valence-electron chi connectivity index (χ2n) is 3.17. The Balaban J connectivity index is 3.83. The Labute approximate surface area is 74.3 Å². The number of rotatable bonds is 5.